The number of carbonyl (C=O) groups excluding carboxylic acids is 2. The summed E-state index contributed by atoms with van der Waals surface area (Å²) in [6.07, 6.45) is 3.57. The van der Waals surface area contributed by atoms with E-state index in [1.165, 1.54) is 24.3 Å². The van der Waals surface area contributed by atoms with E-state index in [0.717, 1.165) is 15.4 Å². The van der Waals surface area contributed by atoms with Gasteiger partial charge in [-0.3, -0.25) is 14.6 Å². The number of carbonyl (C=O) groups is 2. The number of aromatic nitrogens is 1. The molecule has 1 aliphatic heterocycles. The SMILES string of the molecule is C[NH+](Cc1ccncc1)C1CC(=O)N(c2ccc(F)cc2)C1=O. The molecule has 5 nitrogen and oxygen atoms in total. The summed E-state index contributed by atoms with van der Waals surface area (Å²) in [7, 11) is 1.89. The summed E-state index contributed by atoms with van der Waals surface area (Å²) in [5.41, 5.74) is 1.47. The molecule has 2 unspecified atom stereocenters. The minimum atomic E-state index is -0.430. The molecule has 1 aromatic carbocycles. The molecule has 3 rings (SSSR count). The molecule has 0 bridgehead atoms. The third-order valence-corrected chi connectivity index (χ3v) is 4.06. The Morgan fingerprint density at radius 3 is 2.48 bits per heavy atom. The van der Waals surface area contributed by atoms with Gasteiger partial charge in [0.1, 0.15) is 12.4 Å². The molecule has 0 spiro atoms. The highest BCUT2D eigenvalue weighted by atomic mass is 19.1. The van der Waals surface area contributed by atoms with E-state index in [1.807, 2.05) is 19.2 Å². The first-order valence-electron chi connectivity index (χ1n) is 7.40. The van der Waals surface area contributed by atoms with Crippen LogP contribution in [0.4, 0.5) is 10.1 Å². The number of nitrogens with zero attached hydrogens (tertiary/aromatic N) is 2. The van der Waals surface area contributed by atoms with Crippen LogP contribution in [0.5, 0.6) is 0 Å². The van der Waals surface area contributed by atoms with Crippen molar-refractivity contribution < 1.29 is 18.9 Å². The van der Waals surface area contributed by atoms with Gasteiger partial charge in [-0.1, -0.05) is 0 Å². The number of quaternary nitrogens is 1. The Morgan fingerprint density at radius 1 is 1.17 bits per heavy atom. The molecular weight excluding hydrogens is 297 g/mol. The summed E-state index contributed by atoms with van der Waals surface area (Å²) in [5, 5.41) is 0. The van der Waals surface area contributed by atoms with Gasteiger partial charge in [-0.15, -0.1) is 0 Å². The number of imide groups is 1. The Bertz CT molecular complexity index is 718. The smallest absolute Gasteiger partial charge is 0.292 e. The number of benzene rings is 1. The van der Waals surface area contributed by atoms with E-state index >= 15 is 0 Å². The van der Waals surface area contributed by atoms with Gasteiger partial charge in [0, 0.05) is 18.0 Å². The molecule has 118 valence electrons. The van der Waals surface area contributed by atoms with Gasteiger partial charge in [-0.2, -0.15) is 0 Å². The molecule has 1 aromatic heterocycles. The first kappa shape index (κ1) is 15.3. The van der Waals surface area contributed by atoms with Crippen LogP contribution in [0.1, 0.15) is 12.0 Å². The van der Waals surface area contributed by atoms with Gasteiger partial charge < -0.3 is 4.90 Å². The minimum Gasteiger partial charge on any atom is -0.323 e. The molecule has 1 saturated heterocycles. The van der Waals surface area contributed by atoms with E-state index in [4.69, 9.17) is 0 Å². The summed E-state index contributed by atoms with van der Waals surface area (Å²) in [5.74, 6) is -0.890. The molecule has 1 N–H and O–H groups in total. The first-order chi connectivity index (χ1) is 11.1. The normalized spacial score (nSPS) is 19.2. The quantitative estimate of drug-likeness (QED) is 0.840. The van der Waals surface area contributed by atoms with Crippen LogP contribution in [0.2, 0.25) is 0 Å². The van der Waals surface area contributed by atoms with Crippen LogP contribution in [0.3, 0.4) is 0 Å². The standard InChI is InChI=1S/C17H16FN3O2/c1-20(11-12-6-8-19-9-7-12)15-10-16(22)21(17(15)23)14-4-2-13(18)3-5-14/h2-9,15H,10-11H2,1H3/p+1. The second-order valence-electron chi connectivity index (χ2n) is 5.68. The van der Waals surface area contributed by atoms with E-state index in [-0.39, 0.29) is 18.2 Å². The molecule has 0 saturated carbocycles. The van der Waals surface area contributed by atoms with Crippen LogP contribution in [0.25, 0.3) is 0 Å². The number of hydrogen-bond acceptors (Lipinski definition) is 3. The maximum absolute atomic E-state index is 13.0. The predicted molar refractivity (Wildman–Crippen MR) is 82.1 cm³/mol. The summed E-state index contributed by atoms with van der Waals surface area (Å²) in [6.45, 7) is 0.628. The number of amides is 2. The topological polar surface area (TPSA) is 54.7 Å². The average Bonchev–Trinajstić information content (AvgIpc) is 2.84. The monoisotopic (exact) mass is 314 g/mol. The Balaban J connectivity index is 1.76. The van der Waals surface area contributed by atoms with Gasteiger partial charge in [0.05, 0.1) is 19.2 Å². The van der Waals surface area contributed by atoms with Gasteiger partial charge in [-0.25, -0.2) is 9.29 Å². The zero-order chi connectivity index (χ0) is 16.4. The summed E-state index contributed by atoms with van der Waals surface area (Å²) < 4.78 is 13.0. The lowest BCUT2D eigenvalue weighted by Crippen LogP contribution is -3.12. The van der Waals surface area contributed by atoms with Crippen molar-refractivity contribution in [1.82, 2.24) is 4.98 Å². The van der Waals surface area contributed by atoms with Crippen molar-refractivity contribution in [2.45, 2.75) is 19.0 Å². The van der Waals surface area contributed by atoms with Gasteiger partial charge in [0.15, 0.2) is 6.04 Å². The number of halogens is 1. The Morgan fingerprint density at radius 2 is 1.83 bits per heavy atom. The zero-order valence-corrected chi connectivity index (χ0v) is 12.7. The zero-order valence-electron chi connectivity index (χ0n) is 12.7. The van der Waals surface area contributed by atoms with E-state index in [2.05, 4.69) is 4.98 Å². The third kappa shape index (κ3) is 3.12. The van der Waals surface area contributed by atoms with E-state index < -0.39 is 11.9 Å². The number of pyridine rings is 1. The maximum atomic E-state index is 13.0. The maximum Gasteiger partial charge on any atom is 0.292 e. The highest BCUT2D eigenvalue weighted by Gasteiger charge is 2.44. The van der Waals surface area contributed by atoms with Crippen LogP contribution in [0.15, 0.2) is 48.8 Å². The first-order valence-corrected chi connectivity index (χ1v) is 7.40. The molecule has 1 aliphatic rings. The van der Waals surface area contributed by atoms with Gasteiger partial charge in [-0.05, 0) is 36.4 Å². The number of likely N-dealkylation sites (N-methyl/N-ethyl adjacent to an activating group) is 1. The van der Waals surface area contributed by atoms with Crippen molar-refractivity contribution >= 4 is 17.5 Å². The van der Waals surface area contributed by atoms with E-state index in [0.29, 0.717) is 12.2 Å². The van der Waals surface area contributed by atoms with Crippen molar-refractivity contribution in [3.8, 4) is 0 Å². The second-order valence-corrected chi connectivity index (χ2v) is 5.68. The number of hydrogen-bond donors (Lipinski definition) is 1. The van der Waals surface area contributed by atoms with Gasteiger partial charge in [0.25, 0.3) is 5.91 Å². The predicted octanol–water partition coefficient (Wildman–Crippen LogP) is 0.568. The molecule has 0 radical (unpaired) electrons. The second kappa shape index (κ2) is 6.26. The number of rotatable bonds is 4. The molecule has 2 aromatic rings. The fraction of sp³-hybridized carbons (Fsp3) is 0.235. The Kier molecular flexibility index (Phi) is 4.16. The van der Waals surface area contributed by atoms with E-state index in [9.17, 15) is 14.0 Å². The van der Waals surface area contributed by atoms with Crippen molar-refractivity contribution in [2.24, 2.45) is 0 Å². The number of anilines is 1. The lowest BCUT2D eigenvalue weighted by Gasteiger charge is -2.20. The highest BCUT2D eigenvalue weighted by molar-refractivity contribution is 6.21. The van der Waals surface area contributed by atoms with Crippen LogP contribution in [-0.4, -0.2) is 29.9 Å². The summed E-state index contributed by atoms with van der Waals surface area (Å²) in [4.78, 5) is 30.9. The van der Waals surface area contributed by atoms with E-state index in [1.54, 1.807) is 12.4 Å². The van der Waals surface area contributed by atoms with Crippen molar-refractivity contribution in [3.63, 3.8) is 0 Å². The fourth-order valence-corrected chi connectivity index (χ4v) is 2.82. The molecule has 2 atom stereocenters. The van der Waals surface area contributed by atoms with Crippen LogP contribution >= 0.6 is 0 Å². The third-order valence-electron chi connectivity index (χ3n) is 4.06. The van der Waals surface area contributed by atoms with Crippen LogP contribution in [0, 0.1) is 5.82 Å². The molecule has 0 aliphatic carbocycles. The van der Waals surface area contributed by atoms with Crippen molar-refractivity contribution in [3.05, 3.63) is 60.2 Å². The molecule has 1 fully saturated rings. The van der Waals surface area contributed by atoms with Gasteiger partial charge in [0.2, 0.25) is 5.91 Å². The molecule has 2 amide bonds. The van der Waals surface area contributed by atoms with Crippen LogP contribution in [-0.2, 0) is 16.1 Å². The molecule has 6 heteroatoms. The number of nitrogens with one attached hydrogen (secondary N) is 1. The Labute approximate surface area is 133 Å². The highest BCUT2D eigenvalue weighted by Crippen LogP contribution is 2.22. The average molecular weight is 314 g/mol. The van der Waals surface area contributed by atoms with Crippen molar-refractivity contribution in [1.29, 1.82) is 0 Å². The molecule has 2 heterocycles. The summed E-state index contributed by atoms with van der Waals surface area (Å²) in [6, 6.07) is 8.75. The largest absolute Gasteiger partial charge is 0.323 e. The van der Waals surface area contributed by atoms with Gasteiger partial charge >= 0.3 is 0 Å². The molecular formula is C17H17FN3O2+. The fourth-order valence-electron chi connectivity index (χ4n) is 2.82. The molecule has 23 heavy (non-hydrogen) atoms. The lowest BCUT2D eigenvalue weighted by atomic mass is 10.2. The Hall–Kier alpha value is -2.60. The minimum absolute atomic E-state index is 0.160. The van der Waals surface area contributed by atoms with Crippen LogP contribution < -0.4 is 9.80 Å². The summed E-state index contributed by atoms with van der Waals surface area (Å²) >= 11 is 0. The lowest BCUT2D eigenvalue weighted by molar-refractivity contribution is -0.908. The van der Waals surface area contributed by atoms with Crippen molar-refractivity contribution in [2.75, 3.05) is 11.9 Å².